The Morgan fingerprint density at radius 1 is 1.19 bits per heavy atom. The summed E-state index contributed by atoms with van der Waals surface area (Å²) in [6.07, 6.45) is 0. The van der Waals surface area contributed by atoms with E-state index in [2.05, 4.69) is 5.32 Å². The highest BCUT2D eigenvalue weighted by Crippen LogP contribution is 2.21. The number of carbonyl (C=O) groups excluding carboxylic acids is 1. The number of nitrogens with one attached hydrogen (secondary N) is 1. The Morgan fingerprint density at radius 3 is 2.48 bits per heavy atom. The van der Waals surface area contributed by atoms with Crippen molar-refractivity contribution >= 4 is 34.6 Å². The number of rotatable bonds is 5. The van der Waals surface area contributed by atoms with Crippen molar-refractivity contribution in [3.8, 4) is 0 Å². The van der Waals surface area contributed by atoms with Crippen molar-refractivity contribution in [2.45, 2.75) is 6.92 Å². The number of anilines is 3. The minimum Gasteiger partial charge on any atom is -0.399 e. The minimum absolute atomic E-state index is 0.109. The summed E-state index contributed by atoms with van der Waals surface area (Å²) >= 11 is 6.03. The predicted molar refractivity (Wildman–Crippen MR) is 88.8 cm³/mol. The summed E-state index contributed by atoms with van der Waals surface area (Å²) in [6, 6.07) is 14.6. The van der Waals surface area contributed by atoms with Crippen LogP contribution in [-0.2, 0) is 4.79 Å². The molecule has 0 heterocycles. The zero-order valence-electron chi connectivity index (χ0n) is 11.8. The van der Waals surface area contributed by atoms with Crippen LogP contribution in [0.5, 0.6) is 0 Å². The van der Waals surface area contributed by atoms with E-state index in [-0.39, 0.29) is 12.5 Å². The number of carbonyl (C=O) groups is 1. The molecule has 0 atom stereocenters. The van der Waals surface area contributed by atoms with Crippen LogP contribution in [0.4, 0.5) is 17.1 Å². The van der Waals surface area contributed by atoms with Crippen LogP contribution in [-0.4, -0.2) is 19.0 Å². The highest BCUT2D eigenvalue weighted by Gasteiger charge is 2.11. The fourth-order valence-corrected chi connectivity index (χ4v) is 2.18. The monoisotopic (exact) mass is 303 g/mol. The minimum atomic E-state index is -0.109. The van der Waals surface area contributed by atoms with Crippen LogP contribution in [0.1, 0.15) is 6.92 Å². The molecule has 0 unspecified atom stereocenters. The van der Waals surface area contributed by atoms with Crippen molar-refractivity contribution < 1.29 is 4.79 Å². The fraction of sp³-hybridized carbons (Fsp3) is 0.188. The molecule has 110 valence electrons. The highest BCUT2D eigenvalue weighted by molar-refractivity contribution is 6.33. The molecule has 0 spiro atoms. The Bertz CT molecular complexity index is 613. The van der Waals surface area contributed by atoms with E-state index in [0.29, 0.717) is 16.4 Å². The summed E-state index contributed by atoms with van der Waals surface area (Å²) in [5, 5.41) is 3.35. The van der Waals surface area contributed by atoms with Gasteiger partial charge in [-0.3, -0.25) is 4.79 Å². The van der Waals surface area contributed by atoms with Crippen LogP contribution < -0.4 is 16.0 Å². The predicted octanol–water partition coefficient (Wildman–Crippen LogP) is 3.39. The second kappa shape index (κ2) is 6.99. The first-order valence-corrected chi connectivity index (χ1v) is 7.13. The van der Waals surface area contributed by atoms with Crippen molar-refractivity contribution in [3.63, 3.8) is 0 Å². The van der Waals surface area contributed by atoms with Gasteiger partial charge in [-0.15, -0.1) is 0 Å². The lowest BCUT2D eigenvalue weighted by atomic mass is 10.2. The molecule has 2 aromatic carbocycles. The Balaban J connectivity index is 2.03. The van der Waals surface area contributed by atoms with Gasteiger partial charge < -0.3 is 16.0 Å². The Kier molecular flexibility index (Phi) is 5.06. The van der Waals surface area contributed by atoms with Gasteiger partial charge in [-0.1, -0.05) is 23.7 Å². The van der Waals surface area contributed by atoms with Crippen LogP contribution in [0.3, 0.4) is 0 Å². The average Bonchev–Trinajstić information content (AvgIpc) is 2.48. The Morgan fingerprint density at radius 2 is 1.86 bits per heavy atom. The number of halogens is 1. The van der Waals surface area contributed by atoms with Crippen molar-refractivity contribution in [1.29, 1.82) is 0 Å². The molecule has 0 aromatic heterocycles. The normalized spacial score (nSPS) is 10.2. The summed E-state index contributed by atoms with van der Waals surface area (Å²) < 4.78 is 0. The number of likely N-dealkylation sites (N-methyl/N-ethyl adjacent to an activating group) is 1. The lowest BCUT2D eigenvalue weighted by Crippen LogP contribution is -2.33. The summed E-state index contributed by atoms with van der Waals surface area (Å²) in [7, 11) is 0. The highest BCUT2D eigenvalue weighted by atomic mass is 35.5. The number of hydrogen-bond donors (Lipinski definition) is 2. The smallest absolute Gasteiger partial charge is 0.243 e. The summed E-state index contributed by atoms with van der Waals surface area (Å²) in [6.45, 7) is 2.98. The maximum Gasteiger partial charge on any atom is 0.243 e. The maximum atomic E-state index is 12.1. The van der Waals surface area contributed by atoms with Gasteiger partial charge in [0.1, 0.15) is 0 Å². The summed E-state index contributed by atoms with van der Waals surface area (Å²) in [5.41, 5.74) is 7.96. The van der Waals surface area contributed by atoms with E-state index in [1.165, 1.54) is 0 Å². The van der Waals surface area contributed by atoms with Gasteiger partial charge in [0.2, 0.25) is 5.91 Å². The third-order valence-corrected chi connectivity index (χ3v) is 3.45. The lowest BCUT2D eigenvalue weighted by molar-refractivity contribution is -0.115. The molecule has 4 nitrogen and oxygen atoms in total. The van der Waals surface area contributed by atoms with Crippen LogP contribution in [0, 0.1) is 0 Å². The van der Waals surface area contributed by atoms with Crippen molar-refractivity contribution in [3.05, 3.63) is 53.6 Å². The molecule has 2 rings (SSSR count). The van der Waals surface area contributed by atoms with Gasteiger partial charge in [0.25, 0.3) is 0 Å². The maximum absolute atomic E-state index is 12.1. The average molecular weight is 304 g/mol. The molecule has 0 aliphatic rings. The second-order valence-corrected chi connectivity index (χ2v) is 5.04. The van der Waals surface area contributed by atoms with Crippen molar-refractivity contribution in [2.24, 2.45) is 0 Å². The molecular formula is C16H18ClN3O. The second-order valence-electron chi connectivity index (χ2n) is 4.63. The van der Waals surface area contributed by atoms with E-state index in [0.717, 1.165) is 12.2 Å². The topological polar surface area (TPSA) is 58.4 Å². The first-order chi connectivity index (χ1) is 10.1. The van der Waals surface area contributed by atoms with Gasteiger partial charge in [-0.05, 0) is 43.3 Å². The molecule has 0 saturated carbocycles. The molecular weight excluding hydrogens is 286 g/mol. The van der Waals surface area contributed by atoms with Crippen LogP contribution in [0.2, 0.25) is 5.02 Å². The van der Waals surface area contributed by atoms with Crippen molar-refractivity contribution in [2.75, 3.05) is 29.0 Å². The molecule has 0 aliphatic carbocycles. The SMILES string of the molecule is CCN(CC(=O)Nc1ccccc1Cl)c1ccc(N)cc1. The molecule has 1 amide bonds. The number of nitrogens with two attached hydrogens (primary N) is 1. The van der Waals surface area contributed by atoms with Gasteiger partial charge in [0.05, 0.1) is 17.3 Å². The third-order valence-electron chi connectivity index (χ3n) is 3.12. The number of hydrogen-bond acceptors (Lipinski definition) is 3. The first kappa shape index (κ1) is 15.2. The Labute approximate surface area is 129 Å². The molecule has 0 radical (unpaired) electrons. The van der Waals surface area contributed by atoms with Crippen LogP contribution in [0.25, 0.3) is 0 Å². The molecule has 0 aliphatic heterocycles. The molecule has 3 N–H and O–H groups in total. The Hall–Kier alpha value is -2.20. The third kappa shape index (κ3) is 4.13. The number of para-hydroxylation sites is 1. The summed E-state index contributed by atoms with van der Waals surface area (Å²) in [4.78, 5) is 14.1. The van der Waals surface area contributed by atoms with Crippen molar-refractivity contribution in [1.82, 2.24) is 0 Å². The van der Waals surface area contributed by atoms with Gasteiger partial charge >= 0.3 is 0 Å². The zero-order valence-corrected chi connectivity index (χ0v) is 12.6. The quantitative estimate of drug-likeness (QED) is 0.832. The summed E-state index contributed by atoms with van der Waals surface area (Å²) in [5.74, 6) is -0.109. The molecule has 2 aromatic rings. The van der Waals surface area contributed by atoms with E-state index in [9.17, 15) is 4.79 Å². The van der Waals surface area contributed by atoms with E-state index in [1.807, 2.05) is 48.2 Å². The molecule has 5 heteroatoms. The molecule has 0 saturated heterocycles. The van der Waals surface area contributed by atoms with E-state index in [1.54, 1.807) is 12.1 Å². The van der Waals surface area contributed by atoms with E-state index in [4.69, 9.17) is 17.3 Å². The van der Waals surface area contributed by atoms with Crippen LogP contribution >= 0.6 is 11.6 Å². The molecule has 0 fully saturated rings. The van der Waals surface area contributed by atoms with Crippen LogP contribution in [0.15, 0.2) is 48.5 Å². The van der Waals surface area contributed by atoms with E-state index < -0.39 is 0 Å². The largest absolute Gasteiger partial charge is 0.399 e. The number of amides is 1. The van der Waals surface area contributed by atoms with Gasteiger partial charge in [0.15, 0.2) is 0 Å². The van der Waals surface area contributed by atoms with Gasteiger partial charge in [-0.25, -0.2) is 0 Å². The zero-order chi connectivity index (χ0) is 15.2. The van der Waals surface area contributed by atoms with Gasteiger partial charge in [-0.2, -0.15) is 0 Å². The van der Waals surface area contributed by atoms with Gasteiger partial charge in [0, 0.05) is 17.9 Å². The first-order valence-electron chi connectivity index (χ1n) is 6.75. The molecule has 0 bridgehead atoms. The van der Waals surface area contributed by atoms with E-state index >= 15 is 0 Å². The molecule has 21 heavy (non-hydrogen) atoms. The fourth-order valence-electron chi connectivity index (χ4n) is 2.00. The standard InChI is InChI=1S/C16H18ClN3O/c1-2-20(13-9-7-12(18)8-10-13)11-16(21)19-15-6-4-3-5-14(15)17/h3-10H,2,11,18H2,1H3,(H,19,21). The number of nitrogen functional groups attached to an aromatic ring is 1. The lowest BCUT2D eigenvalue weighted by Gasteiger charge is -2.22. The number of benzene rings is 2. The number of nitrogens with zero attached hydrogens (tertiary/aromatic N) is 1.